The summed E-state index contributed by atoms with van der Waals surface area (Å²) in [5.41, 5.74) is 4.49. The van der Waals surface area contributed by atoms with Gasteiger partial charge in [0.15, 0.2) is 0 Å². The molecule has 23 heavy (non-hydrogen) atoms. The second-order valence-electron chi connectivity index (χ2n) is 6.73. The van der Waals surface area contributed by atoms with Gasteiger partial charge in [-0.2, -0.15) is 11.3 Å². The Morgan fingerprint density at radius 2 is 2.30 bits per heavy atom. The molecular weight excluding hydrogens is 306 g/mol. The van der Waals surface area contributed by atoms with Gasteiger partial charge in [0.05, 0.1) is 11.7 Å². The number of nitrogens with zero attached hydrogens (tertiary/aromatic N) is 2. The van der Waals surface area contributed by atoms with Crippen molar-refractivity contribution in [3.63, 3.8) is 0 Å². The molecule has 2 aliphatic heterocycles. The number of rotatable bonds is 2. The van der Waals surface area contributed by atoms with Crippen LogP contribution in [0.2, 0.25) is 0 Å². The molecule has 1 spiro atoms. The predicted molar refractivity (Wildman–Crippen MR) is 94.5 cm³/mol. The number of aryl methyl sites for hydroxylation is 1. The van der Waals surface area contributed by atoms with E-state index in [9.17, 15) is 4.79 Å². The van der Waals surface area contributed by atoms with E-state index in [0.717, 1.165) is 31.5 Å². The molecule has 2 atom stereocenters. The molecule has 0 bridgehead atoms. The van der Waals surface area contributed by atoms with Crippen LogP contribution in [0.1, 0.15) is 38.0 Å². The van der Waals surface area contributed by atoms with Gasteiger partial charge in [0.1, 0.15) is 5.54 Å². The Hall–Kier alpha value is -1.72. The second-order valence-corrected chi connectivity index (χ2v) is 7.48. The second kappa shape index (κ2) is 5.42. The lowest BCUT2D eigenvalue weighted by Crippen LogP contribution is -2.47. The molecule has 2 aromatic rings. The zero-order valence-electron chi connectivity index (χ0n) is 13.5. The van der Waals surface area contributed by atoms with E-state index in [1.54, 1.807) is 11.3 Å². The lowest BCUT2D eigenvalue weighted by atomic mass is 9.96. The van der Waals surface area contributed by atoms with Crippen LogP contribution in [0.4, 0.5) is 0 Å². The van der Waals surface area contributed by atoms with Crippen LogP contribution in [0, 0.1) is 6.92 Å². The predicted octanol–water partition coefficient (Wildman–Crippen LogP) is 3.39. The first-order valence-electron chi connectivity index (χ1n) is 8.11. The van der Waals surface area contributed by atoms with Crippen LogP contribution in [0.25, 0.3) is 11.1 Å². The molecule has 0 aliphatic carbocycles. The largest absolute Gasteiger partial charge is 0.344 e. The molecular formula is C18H23N3OS. The minimum atomic E-state index is -0.352. The van der Waals surface area contributed by atoms with E-state index in [1.165, 1.54) is 16.7 Å². The number of thiophene rings is 1. The number of likely N-dealkylation sites (N-methyl/N-ethyl adjacent to an activating group) is 1. The highest BCUT2D eigenvalue weighted by Crippen LogP contribution is 2.39. The van der Waals surface area contributed by atoms with E-state index in [0.29, 0.717) is 0 Å². The molecule has 2 aliphatic rings. The molecule has 2 saturated heterocycles. The Morgan fingerprint density at radius 3 is 3.00 bits per heavy atom. The van der Waals surface area contributed by atoms with Gasteiger partial charge in [0.2, 0.25) is 5.91 Å². The van der Waals surface area contributed by atoms with Crippen molar-refractivity contribution in [2.24, 2.45) is 0 Å². The van der Waals surface area contributed by atoms with Gasteiger partial charge in [0.25, 0.3) is 0 Å². The normalized spacial score (nSPS) is 27.3. The van der Waals surface area contributed by atoms with E-state index < -0.39 is 0 Å². The molecule has 4 rings (SSSR count). The maximum absolute atomic E-state index is 12.4. The van der Waals surface area contributed by atoms with Gasteiger partial charge in [0, 0.05) is 21.2 Å². The summed E-state index contributed by atoms with van der Waals surface area (Å²) < 4.78 is 0. The molecule has 1 amide bonds. The summed E-state index contributed by atoms with van der Waals surface area (Å²) in [5.74, 6) is 0.241. The smallest absolute Gasteiger partial charge is 0.242 e. The van der Waals surface area contributed by atoms with Crippen molar-refractivity contribution < 1.29 is 6.22 Å². The molecule has 2 aromatic heterocycles. The molecule has 0 unspecified atom stereocenters. The van der Waals surface area contributed by atoms with Gasteiger partial charge >= 0.3 is 0 Å². The van der Waals surface area contributed by atoms with Crippen molar-refractivity contribution in [1.82, 2.24) is 15.2 Å². The Bertz CT molecular complexity index is 762. The van der Waals surface area contributed by atoms with E-state index in [4.69, 9.17) is 0 Å². The lowest BCUT2D eigenvalue weighted by molar-refractivity contribution is -0.131. The molecule has 4 nitrogen and oxygen atoms in total. The number of pyridine rings is 1. The van der Waals surface area contributed by atoms with Crippen molar-refractivity contribution in [2.75, 3.05) is 13.6 Å². The fourth-order valence-corrected chi connectivity index (χ4v) is 4.71. The van der Waals surface area contributed by atoms with Gasteiger partial charge in [-0.25, -0.2) is 0 Å². The molecule has 5 heteroatoms. The first-order valence-corrected chi connectivity index (χ1v) is 9.06. The van der Waals surface area contributed by atoms with Crippen molar-refractivity contribution in [1.29, 1.82) is 0 Å². The first kappa shape index (κ1) is 14.8. The molecule has 2 fully saturated rings. The lowest BCUT2D eigenvalue weighted by Gasteiger charge is -2.23. The molecule has 122 valence electrons. The van der Waals surface area contributed by atoms with Crippen molar-refractivity contribution in [3.05, 3.63) is 40.3 Å². The molecule has 0 radical (unpaired) electrons. The zero-order chi connectivity index (χ0) is 16.0. The summed E-state index contributed by atoms with van der Waals surface area (Å²) in [6, 6.07) is 4.41. The monoisotopic (exact) mass is 329 g/mol. The molecule has 1 N–H and O–H groups in total. The molecule has 4 heterocycles. The van der Waals surface area contributed by atoms with Crippen LogP contribution in [-0.4, -0.2) is 34.9 Å². The number of carbonyl (C=O) groups is 1. The van der Waals surface area contributed by atoms with Crippen LogP contribution >= 0.6 is 11.3 Å². The Morgan fingerprint density at radius 1 is 1.43 bits per heavy atom. The van der Waals surface area contributed by atoms with Gasteiger partial charge < -0.3 is 4.90 Å². The van der Waals surface area contributed by atoms with E-state index in [1.807, 2.05) is 18.1 Å². The standard InChI is InChI=1S/C18H21N3OS.H2/c1-12-10-23-11-14(12)13-4-7-19-16(9-13)15-3-5-18(20-15)6-8-21(2)17(18)22;/h4,7,9-11,15,20H,3,5-6,8H2,1-2H3;1H/t15-,18+;/m1./s1. The maximum Gasteiger partial charge on any atom is 0.242 e. The van der Waals surface area contributed by atoms with E-state index >= 15 is 0 Å². The number of likely N-dealkylation sites (tertiary alicyclic amines) is 1. The number of hydrogen-bond acceptors (Lipinski definition) is 4. The van der Waals surface area contributed by atoms with Crippen LogP contribution in [0.5, 0.6) is 0 Å². The van der Waals surface area contributed by atoms with Gasteiger partial charge in [-0.15, -0.1) is 0 Å². The van der Waals surface area contributed by atoms with Crippen LogP contribution < -0.4 is 5.32 Å². The maximum atomic E-state index is 12.4. The van der Waals surface area contributed by atoms with Crippen LogP contribution in [-0.2, 0) is 4.79 Å². The fraction of sp³-hybridized carbons (Fsp3) is 0.444. The third kappa shape index (κ3) is 2.39. The van der Waals surface area contributed by atoms with Gasteiger partial charge in [-0.05, 0) is 65.8 Å². The number of nitrogens with one attached hydrogen (secondary N) is 1. The summed E-state index contributed by atoms with van der Waals surface area (Å²) in [6.07, 6.45) is 4.67. The summed E-state index contributed by atoms with van der Waals surface area (Å²) in [5, 5.41) is 7.96. The Labute approximate surface area is 142 Å². The number of carbonyl (C=O) groups excluding carboxylic acids is 1. The van der Waals surface area contributed by atoms with E-state index in [2.05, 4.69) is 40.1 Å². The van der Waals surface area contributed by atoms with Crippen molar-refractivity contribution in [3.8, 4) is 11.1 Å². The fourth-order valence-electron chi connectivity index (χ4n) is 3.85. The van der Waals surface area contributed by atoms with Crippen molar-refractivity contribution in [2.45, 2.75) is 37.8 Å². The van der Waals surface area contributed by atoms with Gasteiger partial charge in [-0.3, -0.25) is 15.1 Å². The first-order chi connectivity index (χ1) is 11.1. The average molecular weight is 329 g/mol. The third-order valence-electron chi connectivity index (χ3n) is 5.25. The average Bonchev–Trinajstić information content (AvgIpc) is 3.25. The summed E-state index contributed by atoms with van der Waals surface area (Å²) in [6.45, 7) is 2.99. The number of amides is 1. The van der Waals surface area contributed by atoms with Crippen LogP contribution in [0.15, 0.2) is 29.1 Å². The number of aromatic nitrogens is 1. The van der Waals surface area contributed by atoms with Gasteiger partial charge in [-0.1, -0.05) is 0 Å². The third-order valence-corrected chi connectivity index (χ3v) is 6.11. The summed E-state index contributed by atoms with van der Waals surface area (Å²) in [4.78, 5) is 18.9. The zero-order valence-corrected chi connectivity index (χ0v) is 14.3. The molecule has 0 saturated carbocycles. The highest BCUT2D eigenvalue weighted by molar-refractivity contribution is 7.08. The number of hydrogen-bond donors (Lipinski definition) is 1. The Balaban J connectivity index is 0.00000169. The van der Waals surface area contributed by atoms with Crippen LogP contribution in [0.3, 0.4) is 0 Å². The summed E-state index contributed by atoms with van der Waals surface area (Å²) >= 11 is 1.73. The Kier molecular flexibility index (Phi) is 3.50. The minimum Gasteiger partial charge on any atom is -0.344 e. The highest BCUT2D eigenvalue weighted by atomic mass is 32.1. The van der Waals surface area contributed by atoms with E-state index in [-0.39, 0.29) is 18.9 Å². The highest BCUT2D eigenvalue weighted by Gasteiger charge is 2.50. The SMILES string of the molecule is Cc1cscc1-c1ccnc([C@H]2CC[C@@]3(CCN(C)C3=O)N2)c1.[HH]. The minimum absolute atomic E-state index is 0. The topological polar surface area (TPSA) is 45.2 Å². The summed E-state index contributed by atoms with van der Waals surface area (Å²) in [7, 11) is 1.89. The quantitative estimate of drug-likeness (QED) is 0.918. The molecule has 0 aromatic carbocycles. The van der Waals surface area contributed by atoms with Crippen molar-refractivity contribution >= 4 is 17.2 Å².